The second-order valence-corrected chi connectivity index (χ2v) is 6.00. The molecule has 2 rings (SSSR count). The summed E-state index contributed by atoms with van der Waals surface area (Å²) in [5, 5.41) is 3.42. The van der Waals surface area contributed by atoms with Crippen LogP contribution in [0.15, 0.2) is 37.4 Å². The van der Waals surface area contributed by atoms with Crippen LogP contribution in [0.4, 0.5) is 0 Å². The Morgan fingerprint density at radius 2 is 1.67 bits per heavy atom. The Morgan fingerprint density at radius 1 is 1.05 bits per heavy atom. The number of rotatable bonds is 8. The molecule has 0 aliphatic carbocycles. The molecule has 0 radical (unpaired) electrons. The van der Waals surface area contributed by atoms with Crippen molar-refractivity contribution in [3.8, 4) is 0 Å². The first-order chi connectivity index (χ1) is 10.1. The van der Waals surface area contributed by atoms with Crippen molar-refractivity contribution in [3.63, 3.8) is 0 Å². The zero-order valence-corrected chi connectivity index (χ0v) is 13.1. The normalized spacial score (nSPS) is 12.2. The maximum atomic E-state index is 5.69. The van der Waals surface area contributed by atoms with Crippen LogP contribution in [0.5, 0.6) is 0 Å². The van der Waals surface area contributed by atoms with Gasteiger partial charge in [-0.3, -0.25) is 0 Å². The summed E-state index contributed by atoms with van der Waals surface area (Å²) >= 11 is 0. The zero-order valence-electron chi connectivity index (χ0n) is 13.1. The predicted octanol–water partition coefficient (Wildman–Crippen LogP) is 1.92. The Balaban J connectivity index is 1.76. The molecule has 21 heavy (non-hydrogen) atoms. The van der Waals surface area contributed by atoms with Crippen molar-refractivity contribution in [3.05, 3.63) is 37.4 Å². The van der Waals surface area contributed by atoms with Crippen molar-refractivity contribution in [2.75, 3.05) is 19.7 Å². The molecule has 0 spiro atoms. The van der Waals surface area contributed by atoms with E-state index in [1.165, 1.54) is 0 Å². The van der Waals surface area contributed by atoms with Gasteiger partial charge in [0.2, 0.25) is 0 Å². The Hall–Kier alpha value is -1.66. The van der Waals surface area contributed by atoms with Crippen LogP contribution in [0.2, 0.25) is 0 Å². The first-order valence-electron chi connectivity index (χ1n) is 7.36. The fourth-order valence-electron chi connectivity index (χ4n) is 2.13. The van der Waals surface area contributed by atoms with Crippen molar-refractivity contribution in [1.29, 1.82) is 0 Å². The van der Waals surface area contributed by atoms with Crippen molar-refractivity contribution >= 4 is 0 Å². The first-order valence-corrected chi connectivity index (χ1v) is 7.36. The Bertz CT molecular complexity index is 452. The minimum Gasteiger partial charge on any atom is -0.375 e. The predicted molar refractivity (Wildman–Crippen MR) is 82.1 cm³/mol. The smallest absolute Gasteiger partial charge is 0.113 e. The summed E-state index contributed by atoms with van der Waals surface area (Å²) in [7, 11) is 0. The van der Waals surface area contributed by atoms with E-state index in [1.54, 1.807) is 12.4 Å². The summed E-state index contributed by atoms with van der Waals surface area (Å²) in [6.07, 6.45) is 12.4. The van der Waals surface area contributed by atoms with E-state index in [0.29, 0.717) is 0 Å². The molecule has 0 fully saturated rings. The second kappa shape index (κ2) is 7.38. The highest BCUT2D eigenvalue weighted by atomic mass is 16.5. The molecule has 0 saturated heterocycles. The van der Waals surface area contributed by atoms with Crippen molar-refractivity contribution in [1.82, 2.24) is 24.4 Å². The van der Waals surface area contributed by atoms with Gasteiger partial charge in [0.25, 0.3) is 0 Å². The summed E-state index contributed by atoms with van der Waals surface area (Å²) in [6, 6.07) is 0. The lowest BCUT2D eigenvalue weighted by Gasteiger charge is -2.21. The SMILES string of the molecule is CC(C)(C)OCCNCCC(n1ccnc1)n1ccnc1. The Morgan fingerprint density at radius 3 is 2.14 bits per heavy atom. The molecule has 6 nitrogen and oxygen atoms in total. The van der Waals surface area contributed by atoms with Crippen LogP contribution in [0.25, 0.3) is 0 Å². The Kier molecular flexibility index (Phi) is 5.52. The molecule has 0 amide bonds. The highest BCUT2D eigenvalue weighted by molar-refractivity contribution is 4.86. The van der Waals surface area contributed by atoms with Gasteiger partial charge in [-0.2, -0.15) is 0 Å². The minimum atomic E-state index is -0.0716. The van der Waals surface area contributed by atoms with Gasteiger partial charge in [0.05, 0.1) is 24.9 Å². The molecule has 2 aromatic heterocycles. The maximum Gasteiger partial charge on any atom is 0.113 e. The monoisotopic (exact) mass is 291 g/mol. The van der Waals surface area contributed by atoms with E-state index >= 15 is 0 Å². The molecule has 0 atom stereocenters. The fraction of sp³-hybridized carbons (Fsp3) is 0.600. The molecule has 0 aliphatic heterocycles. The van der Waals surface area contributed by atoms with Gasteiger partial charge in [0, 0.05) is 31.3 Å². The third-order valence-electron chi connectivity index (χ3n) is 3.13. The highest BCUT2D eigenvalue weighted by Crippen LogP contribution is 2.13. The quantitative estimate of drug-likeness (QED) is 0.755. The molecule has 116 valence electrons. The van der Waals surface area contributed by atoms with Crippen molar-refractivity contribution < 1.29 is 4.74 Å². The number of hydrogen-bond donors (Lipinski definition) is 1. The maximum absolute atomic E-state index is 5.69. The van der Waals surface area contributed by atoms with Crippen LogP contribution < -0.4 is 5.32 Å². The average molecular weight is 291 g/mol. The second-order valence-electron chi connectivity index (χ2n) is 6.00. The van der Waals surface area contributed by atoms with Crippen molar-refractivity contribution in [2.45, 2.75) is 39.0 Å². The van der Waals surface area contributed by atoms with Gasteiger partial charge < -0.3 is 19.2 Å². The number of nitrogens with zero attached hydrogens (tertiary/aromatic N) is 4. The Labute approximate surface area is 126 Å². The van der Waals surface area contributed by atoms with Crippen LogP contribution in [0, 0.1) is 0 Å². The standard InChI is InChI=1S/C15H25N5O/c1-15(2,3)21-11-8-16-5-4-14(19-9-6-17-12-19)20-10-7-18-13-20/h6-7,9-10,12-14,16H,4-5,8,11H2,1-3H3. The third kappa shape index (κ3) is 5.32. The summed E-state index contributed by atoms with van der Waals surface area (Å²) in [4.78, 5) is 8.25. The van der Waals surface area contributed by atoms with Crippen LogP contribution in [0.1, 0.15) is 33.4 Å². The molecule has 0 unspecified atom stereocenters. The topological polar surface area (TPSA) is 56.9 Å². The van der Waals surface area contributed by atoms with E-state index in [0.717, 1.165) is 26.1 Å². The van der Waals surface area contributed by atoms with Gasteiger partial charge in [-0.15, -0.1) is 0 Å². The van der Waals surface area contributed by atoms with E-state index < -0.39 is 0 Å². The molecule has 2 heterocycles. The lowest BCUT2D eigenvalue weighted by molar-refractivity contribution is -0.000835. The number of hydrogen-bond acceptors (Lipinski definition) is 4. The van der Waals surface area contributed by atoms with Gasteiger partial charge in [-0.25, -0.2) is 9.97 Å². The summed E-state index contributed by atoms with van der Waals surface area (Å²) in [5.41, 5.74) is -0.0716. The number of ether oxygens (including phenoxy) is 1. The van der Waals surface area contributed by atoms with Crippen LogP contribution in [-0.2, 0) is 4.74 Å². The van der Waals surface area contributed by atoms with Crippen LogP contribution in [0.3, 0.4) is 0 Å². The molecule has 0 aromatic carbocycles. The van der Waals surface area contributed by atoms with Gasteiger partial charge in [0.15, 0.2) is 0 Å². The largest absolute Gasteiger partial charge is 0.375 e. The van der Waals surface area contributed by atoms with E-state index in [2.05, 4.69) is 45.2 Å². The van der Waals surface area contributed by atoms with Crippen LogP contribution >= 0.6 is 0 Å². The number of nitrogens with one attached hydrogen (secondary N) is 1. The lowest BCUT2D eigenvalue weighted by atomic mass is 10.2. The van der Waals surface area contributed by atoms with Gasteiger partial charge in [-0.1, -0.05) is 0 Å². The highest BCUT2D eigenvalue weighted by Gasteiger charge is 2.12. The van der Waals surface area contributed by atoms with Crippen LogP contribution in [-0.4, -0.2) is 44.4 Å². The summed E-state index contributed by atoms with van der Waals surface area (Å²) in [6.45, 7) is 8.71. The molecule has 0 aliphatic rings. The summed E-state index contributed by atoms with van der Waals surface area (Å²) < 4.78 is 9.87. The fourth-order valence-corrected chi connectivity index (χ4v) is 2.13. The van der Waals surface area contributed by atoms with E-state index in [4.69, 9.17) is 4.74 Å². The molecular weight excluding hydrogens is 266 g/mol. The molecule has 0 bridgehead atoms. The molecular formula is C15H25N5O. The molecule has 1 N–H and O–H groups in total. The van der Waals surface area contributed by atoms with Crippen molar-refractivity contribution in [2.24, 2.45) is 0 Å². The summed E-state index contributed by atoms with van der Waals surface area (Å²) in [5.74, 6) is 0. The minimum absolute atomic E-state index is 0.0716. The zero-order chi connectivity index (χ0) is 15.1. The molecule has 0 saturated carbocycles. The van der Waals surface area contributed by atoms with E-state index in [1.807, 2.05) is 25.0 Å². The van der Waals surface area contributed by atoms with E-state index in [-0.39, 0.29) is 11.8 Å². The average Bonchev–Trinajstić information content (AvgIpc) is 3.10. The number of imidazole rings is 2. The third-order valence-corrected chi connectivity index (χ3v) is 3.13. The van der Waals surface area contributed by atoms with Gasteiger partial charge in [0.1, 0.15) is 6.17 Å². The first kappa shape index (κ1) is 15.7. The van der Waals surface area contributed by atoms with Gasteiger partial charge in [-0.05, 0) is 33.7 Å². The molecule has 6 heteroatoms. The molecule has 2 aromatic rings. The lowest BCUT2D eigenvalue weighted by Crippen LogP contribution is -2.29. The number of aromatic nitrogens is 4. The van der Waals surface area contributed by atoms with Gasteiger partial charge >= 0.3 is 0 Å². The van der Waals surface area contributed by atoms with E-state index in [9.17, 15) is 0 Å².